The molecule has 0 atom stereocenters. The SMILES string of the molecule is COC(=O)Nc1ccc(S(=O)(=O)Nc2ccc3c(c2)CN(C(=O)OC)CC3)cc1. The molecule has 0 fully saturated rings. The molecule has 29 heavy (non-hydrogen) atoms. The van der Waals surface area contributed by atoms with E-state index in [-0.39, 0.29) is 4.90 Å². The van der Waals surface area contributed by atoms with Gasteiger partial charge in [-0.3, -0.25) is 10.0 Å². The summed E-state index contributed by atoms with van der Waals surface area (Å²) in [5.74, 6) is 0. The molecule has 0 aromatic heterocycles. The smallest absolute Gasteiger partial charge is 0.411 e. The number of benzene rings is 2. The first-order chi connectivity index (χ1) is 13.8. The van der Waals surface area contributed by atoms with Crippen molar-refractivity contribution in [2.45, 2.75) is 17.9 Å². The van der Waals surface area contributed by atoms with Crippen LogP contribution in [0.4, 0.5) is 21.0 Å². The molecule has 0 aliphatic carbocycles. The van der Waals surface area contributed by atoms with Crippen molar-refractivity contribution < 1.29 is 27.5 Å². The lowest BCUT2D eigenvalue weighted by molar-refractivity contribution is 0.118. The zero-order chi connectivity index (χ0) is 21.0. The molecular formula is C19H21N3O6S. The lowest BCUT2D eigenvalue weighted by Crippen LogP contribution is -2.35. The highest BCUT2D eigenvalue weighted by Gasteiger charge is 2.22. The summed E-state index contributed by atoms with van der Waals surface area (Å²) >= 11 is 0. The van der Waals surface area contributed by atoms with Crippen molar-refractivity contribution in [2.75, 3.05) is 30.8 Å². The van der Waals surface area contributed by atoms with Gasteiger partial charge in [0.2, 0.25) is 0 Å². The number of ether oxygens (including phenoxy) is 2. The Kier molecular flexibility index (Phi) is 5.92. The van der Waals surface area contributed by atoms with Crippen LogP contribution in [0.3, 0.4) is 0 Å². The van der Waals surface area contributed by atoms with Gasteiger partial charge in [0.25, 0.3) is 10.0 Å². The van der Waals surface area contributed by atoms with E-state index in [1.165, 1.54) is 38.5 Å². The molecule has 154 valence electrons. The predicted octanol–water partition coefficient (Wildman–Crippen LogP) is 2.79. The number of nitrogens with zero attached hydrogens (tertiary/aromatic N) is 1. The van der Waals surface area contributed by atoms with Crippen molar-refractivity contribution in [1.82, 2.24) is 4.90 Å². The van der Waals surface area contributed by atoms with Gasteiger partial charge in [0, 0.05) is 24.5 Å². The fourth-order valence-corrected chi connectivity index (χ4v) is 4.06. The average Bonchev–Trinajstić information content (AvgIpc) is 2.72. The normalized spacial score (nSPS) is 13.2. The highest BCUT2D eigenvalue weighted by atomic mass is 32.2. The molecule has 1 heterocycles. The number of methoxy groups -OCH3 is 2. The van der Waals surface area contributed by atoms with Gasteiger partial charge >= 0.3 is 12.2 Å². The van der Waals surface area contributed by atoms with Crippen LogP contribution < -0.4 is 10.0 Å². The van der Waals surface area contributed by atoms with Crippen LogP contribution >= 0.6 is 0 Å². The quantitative estimate of drug-likeness (QED) is 0.788. The summed E-state index contributed by atoms with van der Waals surface area (Å²) in [5, 5.41) is 2.45. The van der Waals surface area contributed by atoms with Crippen molar-refractivity contribution in [3.05, 3.63) is 53.6 Å². The molecule has 1 aliphatic heterocycles. The molecular weight excluding hydrogens is 398 g/mol. The summed E-state index contributed by atoms with van der Waals surface area (Å²) in [6.07, 6.45) is -0.386. The average molecular weight is 419 g/mol. The monoisotopic (exact) mass is 419 g/mol. The molecule has 0 bridgehead atoms. The number of sulfonamides is 1. The summed E-state index contributed by atoms with van der Waals surface area (Å²) in [4.78, 5) is 24.6. The van der Waals surface area contributed by atoms with Crippen LogP contribution in [0.15, 0.2) is 47.4 Å². The van der Waals surface area contributed by atoms with Crippen molar-refractivity contribution >= 4 is 33.6 Å². The first kappa shape index (κ1) is 20.5. The van der Waals surface area contributed by atoms with E-state index in [4.69, 9.17) is 4.74 Å². The number of carbonyl (C=O) groups is 2. The lowest BCUT2D eigenvalue weighted by Gasteiger charge is -2.28. The second-order valence-corrected chi connectivity index (χ2v) is 8.05. The van der Waals surface area contributed by atoms with Crippen molar-refractivity contribution in [2.24, 2.45) is 0 Å². The Hall–Kier alpha value is -3.27. The molecule has 0 saturated carbocycles. The number of rotatable bonds is 4. The molecule has 2 amide bonds. The van der Waals surface area contributed by atoms with E-state index in [0.29, 0.717) is 30.9 Å². The van der Waals surface area contributed by atoms with Crippen molar-refractivity contribution in [3.63, 3.8) is 0 Å². The van der Waals surface area contributed by atoms with Gasteiger partial charge in [0.15, 0.2) is 0 Å². The van der Waals surface area contributed by atoms with Crippen LogP contribution in [0.1, 0.15) is 11.1 Å². The van der Waals surface area contributed by atoms with E-state index >= 15 is 0 Å². The number of fused-ring (bicyclic) bond motifs is 1. The number of amides is 2. The standard InChI is InChI=1S/C19H21N3O6S/c1-27-18(23)20-15-5-7-17(8-6-15)29(25,26)21-16-4-3-13-9-10-22(19(24)28-2)12-14(13)11-16/h3-8,11,21H,9-10,12H2,1-2H3,(H,20,23). The Balaban J connectivity index is 1.75. The summed E-state index contributed by atoms with van der Waals surface area (Å²) in [6, 6.07) is 11.0. The third-order valence-corrected chi connectivity index (χ3v) is 5.90. The second-order valence-electron chi connectivity index (χ2n) is 6.37. The topological polar surface area (TPSA) is 114 Å². The molecule has 2 aromatic rings. The third-order valence-electron chi connectivity index (χ3n) is 4.50. The maximum atomic E-state index is 12.7. The van der Waals surface area contributed by atoms with E-state index in [0.717, 1.165) is 11.1 Å². The van der Waals surface area contributed by atoms with Gasteiger partial charge in [-0.1, -0.05) is 6.07 Å². The molecule has 2 aromatic carbocycles. The second kappa shape index (κ2) is 8.39. The number of hydrogen-bond acceptors (Lipinski definition) is 6. The maximum Gasteiger partial charge on any atom is 0.411 e. The van der Waals surface area contributed by atoms with Crippen molar-refractivity contribution in [3.8, 4) is 0 Å². The molecule has 0 saturated heterocycles. The van der Waals surface area contributed by atoms with Crippen LogP contribution in [0.2, 0.25) is 0 Å². The van der Waals surface area contributed by atoms with Gasteiger partial charge in [0.1, 0.15) is 0 Å². The predicted molar refractivity (Wildman–Crippen MR) is 106 cm³/mol. The molecule has 10 heteroatoms. The van der Waals surface area contributed by atoms with Gasteiger partial charge in [-0.05, 0) is 53.9 Å². The van der Waals surface area contributed by atoms with Crippen LogP contribution in [-0.4, -0.2) is 46.3 Å². The minimum atomic E-state index is -3.82. The van der Waals surface area contributed by atoms with E-state index in [1.54, 1.807) is 17.0 Å². The first-order valence-electron chi connectivity index (χ1n) is 8.75. The summed E-state index contributed by atoms with van der Waals surface area (Å²) in [6.45, 7) is 0.905. The Bertz CT molecular complexity index is 1020. The largest absolute Gasteiger partial charge is 0.453 e. The zero-order valence-corrected chi connectivity index (χ0v) is 16.8. The lowest BCUT2D eigenvalue weighted by atomic mass is 9.99. The minimum Gasteiger partial charge on any atom is -0.453 e. The molecule has 0 spiro atoms. The molecule has 9 nitrogen and oxygen atoms in total. The molecule has 1 aliphatic rings. The third kappa shape index (κ3) is 4.77. The zero-order valence-electron chi connectivity index (χ0n) is 16.0. The molecule has 2 N–H and O–H groups in total. The maximum absolute atomic E-state index is 12.7. The Morgan fingerprint density at radius 2 is 1.66 bits per heavy atom. The van der Waals surface area contributed by atoms with Gasteiger partial charge in [-0.2, -0.15) is 0 Å². The summed E-state index contributed by atoms with van der Waals surface area (Å²) in [7, 11) is -1.26. The van der Waals surface area contributed by atoms with E-state index in [1.807, 2.05) is 6.07 Å². The number of nitrogens with one attached hydrogen (secondary N) is 2. The van der Waals surface area contributed by atoms with Crippen LogP contribution in [0, 0.1) is 0 Å². The molecule has 0 radical (unpaired) electrons. The van der Waals surface area contributed by atoms with Crippen molar-refractivity contribution in [1.29, 1.82) is 0 Å². The highest BCUT2D eigenvalue weighted by Crippen LogP contribution is 2.25. The van der Waals surface area contributed by atoms with E-state index in [9.17, 15) is 18.0 Å². The summed E-state index contributed by atoms with van der Waals surface area (Å²) < 4.78 is 37.1. The van der Waals surface area contributed by atoms with Crippen LogP contribution in [-0.2, 0) is 32.5 Å². The van der Waals surface area contributed by atoms with Crippen LogP contribution in [0.5, 0.6) is 0 Å². The fourth-order valence-electron chi connectivity index (χ4n) is 3.01. The molecule has 3 rings (SSSR count). The Morgan fingerprint density at radius 3 is 2.31 bits per heavy atom. The fraction of sp³-hybridized carbons (Fsp3) is 0.263. The van der Waals surface area contributed by atoms with E-state index in [2.05, 4.69) is 14.8 Å². The number of anilines is 2. The van der Waals surface area contributed by atoms with Gasteiger partial charge in [-0.25, -0.2) is 18.0 Å². The number of hydrogen-bond donors (Lipinski definition) is 2. The van der Waals surface area contributed by atoms with Gasteiger partial charge < -0.3 is 14.4 Å². The van der Waals surface area contributed by atoms with E-state index < -0.39 is 22.2 Å². The highest BCUT2D eigenvalue weighted by molar-refractivity contribution is 7.92. The first-order valence-corrected chi connectivity index (χ1v) is 10.2. The Morgan fingerprint density at radius 1 is 0.966 bits per heavy atom. The minimum absolute atomic E-state index is 0.0434. The summed E-state index contributed by atoms with van der Waals surface area (Å²) in [5.41, 5.74) is 2.73. The molecule has 0 unspecified atom stereocenters. The number of carbonyl (C=O) groups excluding carboxylic acids is 2. The van der Waals surface area contributed by atoms with Gasteiger partial charge in [0.05, 0.1) is 19.1 Å². The van der Waals surface area contributed by atoms with Crippen LogP contribution in [0.25, 0.3) is 0 Å². The Labute approximate surface area is 168 Å². The van der Waals surface area contributed by atoms with Gasteiger partial charge in [-0.15, -0.1) is 0 Å².